The first-order valence-corrected chi connectivity index (χ1v) is 4.14. The van der Waals surface area contributed by atoms with E-state index in [1.165, 1.54) is 0 Å². The Morgan fingerprint density at radius 1 is 1.67 bits per heavy atom. The minimum absolute atomic E-state index is 0.202. The highest BCUT2D eigenvalue weighted by molar-refractivity contribution is 5.77. The molecule has 1 aliphatic heterocycles. The van der Waals surface area contributed by atoms with E-state index >= 15 is 0 Å². The van der Waals surface area contributed by atoms with Gasteiger partial charge in [0.2, 0.25) is 5.96 Å². The van der Waals surface area contributed by atoms with E-state index in [1.807, 2.05) is 11.8 Å². The van der Waals surface area contributed by atoms with Crippen molar-refractivity contribution in [1.82, 2.24) is 4.90 Å². The molecule has 0 aromatic rings. The van der Waals surface area contributed by atoms with Gasteiger partial charge in [0.15, 0.2) is 0 Å². The maximum Gasteiger partial charge on any atom is 0.213 e. The Morgan fingerprint density at radius 3 is 3.08 bits per heavy atom. The Balaban J connectivity index is 2.52. The lowest BCUT2D eigenvalue weighted by molar-refractivity contribution is 0.0742. The second-order valence-electron chi connectivity index (χ2n) is 2.97. The largest absolute Gasteiger partial charge is 0.377 e. The van der Waals surface area contributed by atoms with Gasteiger partial charge in [-0.25, -0.2) is 0 Å². The zero-order chi connectivity index (χ0) is 8.97. The molecule has 0 saturated carbocycles. The van der Waals surface area contributed by atoms with E-state index < -0.39 is 0 Å². The van der Waals surface area contributed by atoms with Crippen molar-refractivity contribution in [3.8, 4) is 0 Å². The zero-order valence-electron chi connectivity index (χ0n) is 7.36. The molecule has 4 N–H and O–H groups in total. The van der Waals surface area contributed by atoms with Crippen molar-refractivity contribution in [2.24, 2.45) is 16.7 Å². The molecule has 0 aliphatic carbocycles. The second kappa shape index (κ2) is 4.15. The fraction of sp³-hybridized carbons (Fsp3) is 0.857. The predicted octanol–water partition coefficient (Wildman–Crippen LogP) is -0.714. The number of hydrazone groups is 1. The number of guanidine groups is 1. The monoisotopic (exact) mass is 172 g/mol. The van der Waals surface area contributed by atoms with Gasteiger partial charge in [-0.2, -0.15) is 0 Å². The van der Waals surface area contributed by atoms with E-state index in [0.717, 1.165) is 26.1 Å². The molecule has 1 aliphatic rings. The molecule has 0 aromatic heterocycles. The number of nitrogens with zero attached hydrogens (tertiary/aromatic N) is 2. The summed E-state index contributed by atoms with van der Waals surface area (Å²) in [6.07, 6.45) is 1.17. The molecule has 0 bridgehead atoms. The van der Waals surface area contributed by atoms with Crippen molar-refractivity contribution in [3.63, 3.8) is 0 Å². The van der Waals surface area contributed by atoms with E-state index in [-0.39, 0.29) is 6.10 Å². The summed E-state index contributed by atoms with van der Waals surface area (Å²) in [7, 11) is 0. The SMILES string of the molecule is CC1CN(/C(N)=N/N)CCCO1. The van der Waals surface area contributed by atoms with Crippen LogP contribution < -0.4 is 11.6 Å². The molecule has 0 spiro atoms. The fourth-order valence-electron chi connectivity index (χ4n) is 1.28. The van der Waals surface area contributed by atoms with Crippen molar-refractivity contribution in [3.05, 3.63) is 0 Å². The maximum atomic E-state index is 5.57. The van der Waals surface area contributed by atoms with E-state index in [9.17, 15) is 0 Å². The summed E-state index contributed by atoms with van der Waals surface area (Å²) in [5.41, 5.74) is 5.57. The first kappa shape index (κ1) is 9.12. The van der Waals surface area contributed by atoms with Gasteiger partial charge in [-0.1, -0.05) is 0 Å². The third-order valence-electron chi connectivity index (χ3n) is 1.91. The number of nitrogens with two attached hydrogens (primary N) is 2. The molecule has 1 heterocycles. The van der Waals surface area contributed by atoms with E-state index in [1.54, 1.807) is 0 Å². The van der Waals surface area contributed by atoms with Crippen molar-refractivity contribution in [1.29, 1.82) is 0 Å². The fourth-order valence-corrected chi connectivity index (χ4v) is 1.28. The van der Waals surface area contributed by atoms with Crippen LogP contribution in [0.4, 0.5) is 0 Å². The topological polar surface area (TPSA) is 76.9 Å². The minimum Gasteiger partial charge on any atom is -0.377 e. The van der Waals surface area contributed by atoms with Gasteiger partial charge in [0.05, 0.1) is 6.10 Å². The van der Waals surface area contributed by atoms with Crippen LogP contribution in [0.5, 0.6) is 0 Å². The van der Waals surface area contributed by atoms with Crippen LogP contribution in [0, 0.1) is 0 Å². The Morgan fingerprint density at radius 2 is 2.42 bits per heavy atom. The summed E-state index contributed by atoms with van der Waals surface area (Å²) in [6.45, 7) is 4.45. The molecule has 70 valence electrons. The Labute approximate surface area is 72.3 Å². The smallest absolute Gasteiger partial charge is 0.213 e. The molecule has 5 nitrogen and oxygen atoms in total. The highest BCUT2D eigenvalue weighted by atomic mass is 16.5. The van der Waals surface area contributed by atoms with Crippen molar-refractivity contribution < 1.29 is 4.74 Å². The first-order valence-electron chi connectivity index (χ1n) is 4.14. The van der Waals surface area contributed by atoms with Crippen LogP contribution in [-0.4, -0.2) is 36.7 Å². The molecule has 1 rings (SSSR count). The Kier molecular flexibility index (Phi) is 3.16. The number of hydrogen-bond donors (Lipinski definition) is 2. The van der Waals surface area contributed by atoms with E-state index in [0.29, 0.717) is 5.96 Å². The molecule has 5 heteroatoms. The van der Waals surface area contributed by atoms with Gasteiger partial charge in [0, 0.05) is 19.7 Å². The molecule has 0 radical (unpaired) electrons. The summed E-state index contributed by atoms with van der Waals surface area (Å²) >= 11 is 0. The quantitative estimate of drug-likeness (QED) is 0.219. The average molecular weight is 172 g/mol. The van der Waals surface area contributed by atoms with Crippen LogP contribution in [0.3, 0.4) is 0 Å². The van der Waals surface area contributed by atoms with Crippen LogP contribution in [0.25, 0.3) is 0 Å². The molecule has 0 amide bonds. The highest BCUT2D eigenvalue weighted by Gasteiger charge is 2.15. The lowest BCUT2D eigenvalue weighted by Gasteiger charge is -2.21. The molecular weight excluding hydrogens is 156 g/mol. The van der Waals surface area contributed by atoms with Gasteiger partial charge < -0.3 is 21.2 Å². The lowest BCUT2D eigenvalue weighted by Crippen LogP contribution is -2.41. The predicted molar refractivity (Wildman–Crippen MR) is 47.4 cm³/mol. The first-order chi connectivity index (χ1) is 5.74. The standard InChI is InChI=1S/C7H16N4O/c1-6-5-11(7(8)10-9)3-2-4-12-6/h6H,2-5,9H2,1H3,(H2,8,10). The molecule has 1 saturated heterocycles. The van der Waals surface area contributed by atoms with E-state index in [2.05, 4.69) is 5.10 Å². The minimum atomic E-state index is 0.202. The summed E-state index contributed by atoms with van der Waals surface area (Å²) in [5.74, 6) is 5.48. The average Bonchev–Trinajstić information content (AvgIpc) is 2.28. The molecule has 1 unspecified atom stereocenters. The van der Waals surface area contributed by atoms with Crippen molar-refractivity contribution >= 4 is 5.96 Å². The van der Waals surface area contributed by atoms with Crippen molar-refractivity contribution in [2.75, 3.05) is 19.7 Å². The summed E-state index contributed by atoms with van der Waals surface area (Å²) < 4.78 is 5.43. The van der Waals surface area contributed by atoms with Gasteiger partial charge in [0.1, 0.15) is 0 Å². The maximum absolute atomic E-state index is 5.57. The van der Waals surface area contributed by atoms with Crippen molar-refractivity contribution in [2.45, 2.75) is 19.4 Å². The zero-order valence-corrected chi connectivity index (χ0v) is 7.36. The van der Waals surface area contributed by atoms with Gasteiger partial charge in [-0.05, 0) is 13.3 Å². The normalized spacial score (nSPS) is 26.9. The third-order valence-corrected chi connectivity index (χ3v) is 1.91. The Bertz CT molecular complexity index is 171. The van der Waals surface area contributed by atoms with Crippen LogP contribution in [0.15, 0.2) is 5.10 Å². The lowest BCUT2D eigenvalue weighted by atomic mass is 10.3. The van der Waals surface area contributed by atoms with Gasteiger partial charge >= 0.3 is 0 Å². The third kappa shape index (κ3) is 2.27. The number of rotatable bonds is 0. The van der Waals surface area contributed by atoms with Gasteiger partial charge in [-0.3, -0.25) is 0 Å². The second-order valence-corrected chi connectivity index (χ2v) is 2.97. The van der Waals surface area contributed by atoms with E-state index in [4.69, 9.17) is 16.3 Å². The Hall–Kier alpha value is -0.970. The number of ether oxygens (including phenoxy) is 1. The number of hydrogen-bond acceptors (Lipinski definition) is 3. The summed E-state index contributed by atoms with van der Waals surface area (Å²) in [6, 6.07) is 0. The van der Waals surface area contributed by atoms with Crippen LogP contribution >= 0.6 is 0 Å². The highest BCUT2D eigenvalue weighted by Crippen LogP contribution is 2.04. The van der Waals surface area contributed by atoms with Gasteiger partial charge in [-0.15, -0.1) is 5.10 Å². The molecule has 12 heavy (non-hydrogen) atoms. The summed E-state index contributed by atoms with van der Waals surface area (Å²) in [5, 5.41) is 3.45. The van der Waals surface area contributed by atoms with Crippen LogP contribution in [0.2, 0.25) is 0 Å². The molecular formula is C7H16N4O. The molecule has 1 fully saturated rings. The molecule has 1 atom stereocenters. The molecule has 0 aromatic carbocycles. The van der Waals surface area contributed by atoms with Gasteiger partial charge in [0.25, 0.3) is 0 Å². The summed E-state index contributed by atoms with van der Waals surface area (Å²) in [4.78, 5) is 1.94. The van der Waals surface area contributed by atoms with Crippen LogP contribution in [0.1, 0.15) is 13.3 Å². The van der Waals surface area contributed by atoms with Crippen LogP contribution in [-0.2, 0) is 4.74 Å².